The molecule has 1 aromatic carbocycles. The molecule has 1 unspecified atom stereocenters. The van der Waals surface area contributed by atoms with Crippen molar-refractivity contribution >= 4 is 11.8 Å². The monoisotopic (exact) mass is 372 g/mol. The fourth-order valence-corrected chi connectivity index (χ4v) is 4.44. The van der Waals surface area contributed by atoms with E-state index in [0.717, 1.165) is 55.7 Å². The lowest BCUT2D eigenvalue weighted by atomic mass is 9.94. The summed E-state index contributed by atoms with van der Waals surface area (Å²) in [7, 11) is 0. The molecule has 3 heterocycles. The predicted molar refractivity (Wildman–Crippen MR) is 101 cm³/mol. The first-order valence-electron chi connectivity index (χ1n) is 10.1. The SMILES string of the molecule is CC(=O)N1CCC(C(=O)N2CCCC2c2ccc3c(c2)OCCCO3)CC1. The summed E-state index contributed by atoms with van der Waals surface area (Å²) in [6.45, 7) is 5.13. The van der Waals surface area contributed by atoms with Gasteiger partial charge in [0.1, 0.15) is 0 Å². The number of piperidine rings is 1. The summed E-state index contributed by atoms with van der Waals surface area (Å²) < 4.78 is 11.6. The van der Waals surface area contributed by atoms with Crippen LogP contribution in [0.4, 0.5) is 0 Å². The lowest BCUT2D eigenvalue weighted by Crippen LogP contribution is -2.43. The van der Waals surface area contributed by atoms with Crippen LogP contribution in [0, 0.1) is 5.92 Å². The van der Waals surface area contributed by atoms with Crippen LogP contribution < -0.4 is 9.47 Å². The van der Waals surface area contributed by atoms with Gasteiger partial charge in [-0.25, -0.2) is 0 Å². The zero-order valence-electron chi connectivity index (χ0n) is 16.0. The number of benzene rings is 1. The number of rotatable bonds is 2. The van der Waals surface area contributed by atoms with Gasteiger partial charge < -0.3 is 19.3 Å². The van der Waals surface area contributed by atoms with Gasteiger partial charge in [-0.2, -0.15) is 0 Å². The Bertz CT molecular complexity index is 712. The minimum absolute atomic E-state index is 0.0293. The molecule has 0 radical (unpaired) electrons. The summed E-state index contributed by atoms with van der Waals surface area (Å²) in [5, 5.41) is 0. The van der Waals surface area contributed by atoms with Crippen LogP contribution in [0.5, 0.6) is 11.5 Å². The Kier molecular flexibility index (Phi) is 5.23. The third kappa shape index (κ3) is 3.75. The Morgan fingerprint density at radius 1 is 0.963 bits per heavy atom. The normalized spacial score (nSPS) is 23.2. The van der Waals surface area contributed by atoms with E-state index in [2.05, 4.69) is 12.1 Å². The fourth-order valence-electron chi connectivity index (χ4n) is 4.44. The van der Waals surface area contributed by atoms with E-state index in [-0.39, 0.29) is 23.8 Å². The van der Waals surface area contributed by atoms with Crippen LogP contribution in [0.3, 0.4) is 0 Å². The Balaban J connectivity index is 1.47. The Labute approximate surface area is 160 Å². The first-order chi connectivity index (χ1) is 13.1. The summed E-state index contributed by atoms with van der Waals surface area (Å²) in [5.41, 5.74) is 1.13. The molecule has 0 spiro atoms. The molecule has 3 aliphatic heterocycles. The van der Waals surface area contributed by atoms with Crippen molar-refractivity contribution in [3.05, 3.63) is 23.8 Å². The van der Waals surface area contributed by atoms with Crippen molar-refractivity contribution in [1.82, 2.24) is 9.80 Å². The maximum atomic E-state index is 13.2. The molecule has 146 valence electrons. The molecule has 0 aliphatic carbocycles. The highest BCUT2D eigenvalue weighted by atomic mass is 16.5. The number of carbonyl (C=O) groups is 2. The Morgan fingerprint density at radius 2 is 1.70 bits per heavy atom. The van der Waals surface area contributed by atoms with Crippen LogP contribution in [0.15, 0.2) is 18.2 Å². The second kappa shape index (κ2) is 7.79. The number of nitrogens with zero attached hydrogens (tertiary/aromatic N) is 2. The summed E-state index contributed by atoms with van der Waals surface area (Å²) in [6, 6.07) is 6.21. The summed E-state index contributed by atoms with van der Waals surface area (Å²) in [5.74, 6) is 1.96. The lowest BCUT2D eigenvalue weighted by molar-refractivity contribution is -0.140. The van der Waals surface area contributed by atoms with Gasteiger partial charge in [-0.3, -0.25) is 9.59 Å². The zero-order valence-corrected chi connectivity index (χ0v) is 16.0. The van der Waals surface area contributed by atoms with E-state index >= 15 is 0 Å². The number of hydrogen-bond acceptors (Lipinski definition) is 4. The molecule has 0 saturated carbocycles. The maximum Gasteiger partial charge on any atom is 0.226 e. The molecule has 0 bridgehead atoms. The van der Waals surface area contributed by atoms with Gasteiger partial charge in [0.05, 0.1) is 19.3 Å². The van der Waals surface area contributed by atoms with Gasteiger partial charge in [-0.15, -0.1) is 0 Å². The average Bonchev–Trinajstić information content (AvgIpc) is 3.06. The third-order valence-electron chi connectivity index (χ3n) is 5.98. The highest BCUT2D eigenvalue weighted by Gasteiger charge is 2.36. The van der Waals surface area contributed by atoms with Crippen molar-refractivity contribution in [2.75, 3.05) is 32.8 Å². The minimum atomic E-state index is 0.0293. The van der Waals surface area contributed by atoms with Crippen molar-refractivity contribution in [2.45, 2.75) is 45.1 Å². The molecular formula is C21H28N2O4. The first kappa shape index (κ1) is 18.1. The molecule has 27 heavy (non-hydrogen) atoms. The van der Waals surface area contributed by atoms with Crippen molar-refractivity contribution in [2.24, 2.45) is 5.92 Å². The van der Waals surface area contributed by atoms with Crippen molar-refractivity contribution in [3.8, 4) is 11.5 Å². The van der Waals surface area contributed by atoms with Gasteiger partial charge in [-0.1, -0.05) is 6.07 Å². The highest BCUT2D eigenvalue weighted by Crippen LogP contribution is 2.39. The van der Waals surface area contributed by atoms with E-state index in [4.69, 9.17) is 9.47 Å². The molecule has 1 aromatic rings. The number of amides is 2. The quantitative estimate of drug-likeness (QED) is 0.801. The van der Waals surface area contributed by atoms with Crippen LogP contribution in [0.2, 0.25) is 0 Å². The summed E-state index contributed by atoms with van der Waals surface area (Å²) >= 11 is 0. The molecule has 6 nitrogen and oxygen atoms in total. The molecule has 2 amide bonds. The number of fused-ring (bicyclic) bond motifs is 1. The van der Waals surface area contributed by atoms with Gasteiger partial charge in [0.2, 0.25) is 11.8 Å². The van der Waals surface area contributed by atoms with Gasteiger partial charge in [0.25, 0.3) is 0 Å². The van der Waals surface area contributed by atoms with E-state index in [1.165, 1.54) is 0 Å². The van der Waals surface area contributed by atoms with Crippen LogP contribution in [0.1, 0.15) is 50.6 Å². The van der Waals surface area contributed by atoms with Crippen molar-refractivity contribution in [3.63, 3.8) is 0 Å². The molecule has 2 fully saturated rings. The van der Waals surface area contributed by atoms with E-state index in [1.54, 1.807) is 6.92 Å². The maximum absolute atomic E-state index is 13.2. The largest absolute Gasteiger partial charge is 0.490 e. The number of carbonyl (C=O) groups excluding carboxylic acids is 2. The average molecular weight is 372 g/mol. The van der Waals surface area contributed by atoms with Crippen LogP contribution in [0.25, 0.3) is 0 Å². The van der Waals surface area contributed by atoms with Crippen molar-refractivity contribution < 1.29 is 19.1 Å². The van der Waals surface area contributed by atoms with Gasteiger partial charge in [0.15, 0.2) is 11.5 Å². The molecule has 0 N–H and O–H groups in total. The molecule has 3 aliphatic rings. The van der Waals surface area contributed by atoms with Crippen molar-refractivity contribution in [1.29, 1.82) is 0 Å². The molecule has 6 heteroatoms. The smallest absolute Gasteiger partial charge is 0.226 e. The minimum Gasteiger partial charge on any atom is -0.490 e. The Morgan fingerprint density at radius 3 is 2.44 bits per heavy atom. The molecule has 0 aromatic heterocycles. The lowest BCUT2D eigenvalue weighted by Gasteiger charge is -2.34. The third-order valence-corrected chi connectivity index (χ3v) is 5.98. The number of hydrogen-bond donors (Lipinski definition) is 0. The fraction of sp³-hybridized carbons (Fsp3) is 0.619. The molecular weight excluding hydrogens is 344 g/mol. The summed E-state index contributed by atoms with van der Waals surface area (Å²) in [4.78, 5) is 28.6. The summed E-state index contributed by atoms with van der Waals surface area (Å²) in [6.07, 6.45) is 4.43. The second-order valence-electron chi connectivity index (χ2n) is 7.73. The molecule has 2 saturated heterocycles. The van der Waals surface area contributed by atoms with Crippen LogP contribution >= 0.6 is 0 Å². The van der Waals surface area contributed by atoms with E-state index in [0.29, 0.717) is 26.3 Å². The second-order valence-corrected chi connectivity index (χ2v) is 7.73. The van der Waals surface area contributed by atoms with E-state index < -0.39 is 0 Å². The van der Waals surface area contributed by atoms with Crippen LogP contribution in [-0.2, 0) is 9.59 Å². The number of likely N-dealkylation sites (tertiary alicyclic amines) is 2. The number of ether oxygens (including phenoxy) is 2. The van der Waals surface area contributed by atoms with Gasteiger partial charge in [-0.05, 0) is 43.4 Å². The predicted octanol–water partition coefficient (Wildman–Crippen LogP) is 2.77. The van der Waals surface area contributed by atoms with Crippen LogP contribution in [-0.4, -0.2) is 54.5 Å². The van der Waals surface area contributed by atoms with E-state index in [1.807, 2.05) is 15.9 Å². The van der Waals surface area contributed by atoms with Gasteiger partial charge in [0, 0.05) is 38.9 Å². The molecule has 4 rings (SSSR count). The standard InChI is InChI=1S/C21H28N2O4/c1-15(24)22-10-7-16(8-11-22)21(25)23-9-2-4-18(23)17-5-6-19-20(14-17)27-13-3-12-26-19/h5-6,14,16,18H,2-4,7-13H2,1H3. The highest BCUT2D eigenvalue weighted by molar-refractivity contribution is 5.80. The first-order valence-corrected chi connectivity index (χ1v) is 10.1. The van der Waals surface area contributed by atoms with Gasteiger partial charge >= 0.3 is 0 Å². The molecule has 1 atom stereocenters. The zero-order chi connectivity index (χ0) is 18.8. The van der Waals surface area contributed by atoms with E-state index in [9.17, 15) is 9.59 Å². The topological polar surface area (TPSA) is 59.1 Å². The Hall–Kier alpha value is -2.24.